The van der Waals surface area contributed by atoms with Crippen LogP contribution in [0.25, 0.3) is 11.1 Å². The molecule has 33 heavy (non-hydrogen) atoms. The summed E-state index contributed by atoms with van der Waals surface area (Å²) >= 11 is 0. The molecule has 2 atom stereocenters. The maximum absolute atomic E-state index is 14.1. The van der Waals surface area contributed by atoms with E-state index in [1.807, 2.05) is 6.07 Å². The zero-order chi connectivity index (χ0) is 23.6. The molecule has 8 heteroatoms. The number of rotatable bonds is 6. The Balaban J connectivity index is 1.60. The largest absolute Gasteiger partial charge is 0.495 e. The highest BCUT2D eigenvalue weighted by atomic mass is 32.2. The summed E-state index contributed by atoms with van der Waals surface area (Å²) in [5.74, 6) is 0.0749. The molecular weight excluding hydrogens is 441 g/mol. The van der Waals surface area contributed by atoms with Crippen molar-refractivity contribution in [2.75, 3.05) is 29.8 Å². The lowest BCUT2D eigenvalue weighted by Crippen LogP contribution is -2.54. The first-order valence-electron chi connectivity index (χ1n) is 10.8. The van der Waals surface area contributed by atoms with Gasteiger partial charge < -0.3 is 15.0 Å². The van der Waals surface area contributed by atoms with Gasteiger partial charge >= 0.3 is 0 Å². The van der Waals surface area contributed by atoms with E-state index in [2.05, 4.69) is 28.8 Å². The van der Waals surface area contributed by atoms with Gasteiger partial charge in [-0.25, -0.2) is 12.8 Å². The molecule has 0 bridgehead atoms. The number of hydrogen-bond donors (Lipinski definition) is 2. The van der Waals surface area contributed by atoms with Crippen molar-refractivity contribution < 1.29 is 17.5 Å². The molecule has 1 saturated heterocycles. The summed E-state index contributed by atoms with van der Waals surface area (Å²) in [5.41, 5.74) is 2.31. The Kier molecular flexibility index (Phi) is 6.58. The van der Waals surface area contributed by atoms with Gasteiger partial charge in [0.05, 0.1) is 17.7 Å². The van der Waals surface area contributed by atoms with E-state index < -0.39 is 10.0 Å². The predicted octanol–water partition coefficient (Wildman–Crippen LogP) is 4.49. The smallest absolute Gasteiger partial charge is 0.262 e. The van der Waals surface area contributed by atoms with Crippen molar-refractivity contribution in [1.82, 2.24) is 5.32 Å². The fourth-order valence-electron chi connectivity index (χ4n) is 4.22. The molecule has 1 fully saturated rings. The van der Waals surface area contributed by atoms with Crippen LogP contribution >= 0.6 is 0 Å². The van der Waals surface area contributed by atoms with Crippen LogP contribution in [0.4, 0.5) is 15.8 Å². The number of nitrogens with one attached hydrogen (secondary N) is 2. The fraction of sp³-hybridized carbons (Fsp3) is 0.280. The number of sulfonamides is 1. The molecule has 1 heterocycles. The predicted molar refractivity (Wildman–Crippen MR) is 130 cm³/mol. The van der Waals surface area contributed by atoms with E-state index in [1.165, 1.54) is 25.3 Å². The molecule has 174 valence electrons. The Bertz CT molecular complexity index is 1220. The number of piperazine rings is 1. The number of benzene rings is 3. The lowest BCUT2D eigenvalue weighted by atomic mass is 10.1. The van der Waals surface area contributed by atoms with Crippen molar-refractivity contribution in [3.8, 4) is 16.9 Å². The lowest BCUT2D eigenvalue weighted by molar-refractivity contribution is 0.406. The topological polar surface area (TPSA) is 70.7 Å². The number of hydrogen-bond acceptors (Lipinski definition) is 5. The molecular formula is C25H28FN3O3S. The first-order chi connectivity index (χ1) is 15.8. The number of nitrogens with zero attached hydrogens (tertiary/aromatic N) is 1. The Morgan fingerprint density at radius 3 is 2.30 bits per heavy atom. The summed E-state index contributed by atoms with van der Waals surface area (Å²) in [7, 11) is -2.37. The van der Waals surface area contributed by atoms with Gasteiger partial charge in [0, 0.05) is 36.4 Å². The molecule has 1 aliphatic heterocycles. The summed E-state index contributed by atoms with van der Waals surface area (Å²) in [4.78, 5) is 2.31. The van der Waals surface area contributed by atoms with E-state index in [1.54, 1.807) is 42.5 Å². The van der Waals surface area contributed by atoms with Crippen LogP contribution in [0.2, 0.25) is 0 Å². The van der Waals surface area contributed by atoms with Crippen LogP contribution in [0.3, 0.4) is 0 Å². The number of anilines is 2. The maximum Gasteiger partial charge on any atom is 0.262 e. The van der Waals surface area contributed by atoms with Crippen LogP contribution in [0.15, 0.2) is 71.6 Å². The fourth-order valence-corrected chi connectivity index (χ4v) is 5.28. The van der Waals surface area contributed by atoms with E-state index in [0.717, 1.165) is 18.8 Å². The Labute approximate surface area is 194 Å². The van der Waals surface area contributed by atoms with Crippen molar-refractivity contribution >= 4 is 21.4 Å². The second-order valence-corrected chi connectivity index (χ2v) is 10.1. The third-order valence-electron chi connectivity index (χ3n) is 5.70. The second-order valence-electron chi connectivity index (χ2n) is 8.37. The summed E-state index contributed by atoms with van der Waals surface area (Å²) in [6.45, 7) is 5.89. The van der Waals surface area contributed by atoms with Crippen molar-refractivity contribution in [3.05, 3.63) is 72.5 Å². The zero-order valence-electron chi connectivity index (χ0n) is 18.9. The average Bonchev–Trinajstić information content (AvgIpc) is 2.78. The normalized spacial score (nSPS) is 18.7. The highest BCUT2D eigenvalue weighted by molar-refractivity contribution is 7.92. The summed E-state index contributed by atoms with van der Waals surface area (Å²) < 4.78 is 48.4. The number of ether oxygens (including phenoxy) is 1. The molecule has 6 nitrogen and oxygen atoms in total. The van der Waals surface area contributed by atoms with Gasteiger partial charge in [-0.3, -0.25) is 4.72 Å². The molecule has 0 saturated carbocycles. The molecule has 2 N–H and O–H groups in total. The monoisotopic (exact) mass is 469 g/mol. The van der Waals surface area contributed by atoms with E-state index in [0.29, 0.717) is 34.6 Å². The minimum Gasteiger partial charge on any atom is -0.495 e. The van der Waals surface area contributed by atoms with Gasteiger partial charge in [0.25, 0.3) is 10.0 Å². The molecule has 0 radical (unpaired) electrons. The molecule has 0 amide bonds. The third-order valence-corrected chi connectivity index (χ3v) is 7.08. The highest BCUT2D eigenvalue weighted by Gasteiger charge is 2.23. The van der Waals surface area contributed by atoms with Gasteiger partial charge in [-0.2, -0.15) is 0 Å². The highest BCUT2D eigenvalue weighted by Crippen LogP contribution is 2.33. The van der Waals surface area contributed by atoms with Gasteiger partial charge in [-0.15, -0.1) is 0 Å². The molecule has 4 rings (SSSR count). The van der Waals surface area contributed by atoms with Crippen LogP contribution < -0.4 is 19.7 Å². The molecule has 2 unspecified atom stereocenters. The zero-order valence-corrected chi connectivity index (χ0v) is 19.7. The van der Waals surface area contributed by atoms with Crippen molar-refractivity contribution in [1.29, 1.82) is 0 Å². The summed E-state index contributed by atoms with van der Waals surface area (Å²) in [5, 5.41) is 3.49. The van der Waals surface area contributed by atoms with Crippen molar-refractivity contribution in [2.24, 2.45) is 0 Å². The van der Waals surface area contributed by atoms with E-state index >= 15 is 0 Å². The van der Waals surface area contributed by atoms with E-state index in [9.17, 15) is 12.8 Å². The van der Waals surface area contributed by atoms with E-state index in [-0.39, 0.29) is 10.7 Å². The van der Waals surface area contributed by atoms with Crippen LogP contribution in [0, 0.1) is 5.82 Å². The average molecular weight is 470 g/mol. The SMILES string of the molecule is COc1ccc(N2CC(C)NC(C)C2)cc1NS(=O)(=O)c1ccc(-c2ccccc2F)cc1. The van der Waals surface area contributed by atoms with Gasteiger partial charge in [0.15, 0.2) is 0 Å². The Morgan fingerprint density at radius 1 is 1.00 bits per heavy atom. The van der Waals surface area contributed by atoms with Gasteiger partial charge in [0.2, 0.25) is 0 Å². The first-order valence-corrected chi connectivity index (χ1v) is 12.3. The van der Waals surface area contributed by atoms with E-state index in [4.69, 9.17) is 4.74 Å². The first kappa shape index (κ1) is 23.1. The van der Waals surface area contributed by atoms with Crippen molar-refractivity contribution in [2.45, 2.75) is 30.8 Å². The Hall–Kier alpha value is -3.10. The van der Waals surface area contributed by atoms with Crippen molar-refractivity contribution in [3.63, 3.8) is 0 Å². The molecule has 3 aromatic carbocycles. The van der Waals surface area contributed by atoms with Gasteiger partial charge in [0.1, 0.15) is 11.6 Å². The molecule has 0 aromatic heterocycles. The minimum atomic E-state index is -3.88. The lowest BCUT2D eigenvalue weighted by Gasteiger charge is -2.38. The standard InChI is InChI=1S/C25H28FN3O3S/c1-17-15-29(16-18(2)27-17)20-10-13-25(32-3)24(14-20)28-33(30,31)21-11-8-19(9-12-21)22-6-4-5-7-23(22)26/h4-14,17-18,27-28H,15-16H2,1-3H3. The minimum absolute atomic E-state index is 0.0828. The van der Waals surface area contributed by atoms with Gasteiger partial charge in [-0.05, 0) is 55.8 Å². The molecule has 1 aliphatic rings. The summed E-state index contributed by atoms with van der Waals surface area (Å²) in [6, 6.07) is 18.7. The van der Waals surface area contributed by atoms with Crippen LogP contribution in [-0.4, -0.2) is 40.7 Å². The molecule has 3 aromatic rings. The third kappa shape index (κ3) is 5.12. The second kappa shape index (κ2) is 9.41. The van der Waals surface area contributed by atoms with Crippen LogP contribution in [-0.2, 0) is 10.0 Å². The maximum atomic E-state index is 14.1. The molecule has 0 spiro atoms. The summed E-state index contributed by atoms with van der Waals surface area (Å²) in [6.07, 6.45) is 0. The Morgan fingerprint density at radius 2 is 1.67 bits per heavy atom. The van der Waals surface area contributed by atoms with Crippen LogP contribution in [0.1, 0.15) is 13.8 Å². The quantitative estimate of drug-likeness (QED) is 0.557. The number of methoxy groups -OCH3 is 1. The molecule has 0 aliphatic carbocycles. The van der Waals surface area contributed by atoms with Gasteiger partial charge in [-0.1, -0.05) is 30.3 Å². The number of halogens is 1. The van der Waals surface area contributed by atoms with Crippen LogP contribution in [0.5, 0.6) is 5.75 Å².